The summed E-state index contributed by atoms with van der Waals surface area (Å²) in [5.41, 5.74) is 4.65. The Bertz CT molecular complexity index is 372. The first kappa shape index (κ1) is 16.4. The monoisotopic (exact) mass is 260 g/mol. The third-order valence-electron chi connectivity index (χ3n) is 2.40. The molecule has 100 valence electrons. The molecule has 5 heteroatoms. The third kappa shape index (κ3) is 9.13. The minimum Gasteiger partial charge on any atom is -0.325 e. The van der Waals surface area contributed by atoms with Crippen LogP contribution in [0.3, 0.4) is 0 Å². The van der Waals surface area contributed by atoms with Crippen LogP contribution in [0.25, 0.3) is 0 Å². The van der Waals surface area contributed by atoms with E-state index in [1.54, 1.807) is 13.8 Å². The van der Waals surface area contributed by atoms with Gasteiger partial charge in [0.15, 0.2) is 9.84 Å². The second kappa shape index (κ2) is 5.83. The number of sulfone groups is 1. The Morgan fingerprint density at radius 3 is 2.12 bits per heavy atom. The summed E-state index contributed by atoms with van der Waals surface area (Å²) in [5.74, 6) is 0.177. The van der Waals surface area contributed by atoms with Gasteiger partial charge < -0.3 is 5.73 Å². The summed E-state index contributed by atoms with van der Waals surface area (Å²) in [5, 5.41) is 8.82. The van der Waals surface area contributed by atoms with Crippen molar-refractivity contribution in [2.24, 2.45) is 11.1 Å². The van der Waals surface area contributed by atoms with Gasteiger partial charge in [0, 0.05) is 5.54 Å². The number of hydrogen-bond acceptors (Lipinski definition) is 4. The Labute approximate surface area is 105 Å². The second-order valence-electron chi connectivity index (χ2n) is 6.03. The SMILES string of the molecule is CC(C)(N)CS(=O)(=O)CCCCC(C)(C)C#N. The minimum absolute atomic E-state index is 0.0155. The highest BCUT2D eigenvalue weighted by molar-refractivity contribution is 7.91. The lowest BCUT2D eigenvalue weighted by Gasteiger charge is -2.18. The van der Waals surface area contributed by atoms with Crippen LogP contribution in [-0.2, 0) is 9.84 Å². The van der Waals surface area contributed by atoms with E-state index >= 15 is 0 Å². The summed E-state index contributed by atoms with van der Waals surface area (Å²) in [7, 11) is -3.07. The smallest absolute Gasteiger partial charge is 0.152 e. The number of nitrogens with two attached hydrogens (primary N) is 1. The average Bonchev–Trinajstić information content (AvgIpc) is 2.09. The molecule has 0 aliphatic carbocycles. The largest absolute Gasteiger partial charge is 0.325 e. The van der Waals surface area contributed by atoms with Crippen LogP contribution in [-0.4, -0.2) is 25.5 Å². The molecule has 0 aliphatic heterocycles. The van der Waals surface area contributed by atoms with Crippen molar-refractivity contribution >= 4 is 9.84 Å². The van der Waals surface area contributed by atoms with Crippen LogP contribution in [0.2, 0.25) is 0 Å². The molecule has 17 heavy (non-hydrogen) atoms. The molecule has 0 saturated carbocycles. The molecule has 0 fully saturated rings. The minimum atomic E-state index is -3.07. The highest BCUT2D eigenvalue weighted by Crippen LogP contribution is 2.21. The molecule has 0 saturated heterocycles. The molecule has 2 N–H and O–H groups in total. The van der Waals surface area contributed by atoms with E-state index in [-0.39, 0.29) is 16.9 Å². The highest BCUT2D eigenvalue weighted by atomic mass is 32.2. The van der Waals surface area contributed by atoms with Crippen LogP contribution in [0.5, 0.6) is 0 Å². The van der Waals surface area contributed by atoms with Gasteiger partial charge in [-0.15, -0.1) is 0 Å². The maximum absolute atomic E-state index is 11.7. The van der Waals surface area contributed by atoms with Crippen LogP contribution in [0.4, 0.5) is 0 Å². The van der Waals surface area contributed by atoms with Crippen molar-refractivity contribution in [1.82, 2.24) is 0 Å². The lowest BCUT2D eigenvalue weighted by molar-refractivity contribution is 0.431. The molecule has 0 bridgehead atoms. The first-order chi connectivity index (χ1) is 7.47. The van der Waals surface area contributed by atoms with Gasteiger partial charge in [0.05, 0.1) is 23.0 Å². The molecule has 0 aliphatic rings. The van der Waals surface area contributed by atoms with E-state index in [0.29, 0.717) is 6.42 Å². The van der Waals surface area contributed by atoms with Gasteiger partial charge in [-0.3, -0.25) is 0 Å². The fraction of sp³-hybridized carbons (Fsp3) is 0.917. The molecule has 0 atom stereocenters. The van der Waals surface area contributed by atoms with Crippen LogP contribution in [0, 0.1) is 16.7 Å². The summed E-state index contributed by atoms with van der Waals surface area (Å²) in [6.45, 7) is 7.15. The molecule has 0 spiro atoms. The van der Waals surface area contributed by atoms with Crippen molar-refractivity contribution < 1.29 is 8.42 Å². The number of hydrogen-bond donors (Lipinski definition) is 1. The molecule has 0 heterocycles. The zero-order valence-electron chi connectivity index (χ0n) is 11.3. The fourth-order valence-electron chi connectivity index (χ4n) is 1.58. The van der Waals surface area contributed by atoms with Crippen LogP contribution < -0.4 is 5.73 Å². The van der Waals surface area contributed by atoms with E-state index in [9.17, 15) is 8.42 Å². The molecule has 0 rings (SSSR count). The number of unbranched alkanes of at least 4 members (excludes halogenated alkanes) is 1. The molecular formula is C12H24N2O2S. The predicted molar refractivity (Wildman–Crippen MR) is 70.2 cm³/mol. The van der Waals surface area contributed by atoms with E-state index in [2.05, 4.69) is 6.07 Å². The maximum atomic E-state index is 11.7. The van der Waals surface area contributed by atoms with Gasteiger partial charge in [0.25, 0.3) is 0 Å². The zero-order valence-corrected chi connectivity index (χ0v) is 12.1. The molecular weight excluding hydrogens is 236 g/mol. The Kier molecular flexibility index (Phi) is 5.63. The molecule has 4 nitrogen and oxygen atoms in total. The molecule has 0 aromatic rings. The molecule has 0 unspecified atom stereocenters. The highest BCUT2D eigenvalue weighted by Gasteiger charge is 2.22. The summed E-state index contributed by atoms with van der Waals surface area (Å²) in [4.78, 5) is 0. The van der Waals surface area contributed by atoms with E-state index < -0.39 is 15.4 Å². The van der Waals surface area contributed by atoms with E-state index in [4.69, 9.17) is 11.0 Å². The van der Waals surface area contributed by atoms with Crippen molar-refractivity contribution in [2.75, 3.05) is 11.5 Å². The van der Waals surface area contributed by atoms with E-state index in [1.165, 1.54) is 0 Å². The lowest BCUT2D eigenvalue weighted by Crippen LogP contribution is -2.40. The quantitative estimate of drug-likeness (QED) is 0.708. The van der Waals surface area contributed by atoms with Gasteiger partial charge in [-0.05, 0) is 40.5 Å². The number of nitrogens with zero attached hydrogens (tertiary/aromatic N) is 1. The first-order valence-electron chi connectivity index (χ1n) is 5.88. The van der Waals surface area contributed by atoms with Gasteiger partial charge in [-0.25, -0.2) is 8.42 Å². The normalized spacial score (nSPS) is 13.4. The van der Waals surface area contributed by atoms with Crippen molar-refractivity contribution in [1.29, 1.82) is 5.26 Å². The molecule has 0 aromatic heterocycles. The van der Waals surface area contributed by atoms with Gasteiger partial charge in [0.2, 0.25) is 0 Å². The van der Waals surface area contributed by atoms with Gasteiger partial charge in [-0.1, -0.05) is 6.42 Å². The van der Waals surface area contributed by atoms with Crippen LogP contribution in [0.1, 0.15) is 47.0 Å². The van der Waals surface area contributed by atoms with E-state index in [0.717, 1.165) is 12.8 Å². The molecule has 0 aromatic carbocycles. The third-order valence-corrected chi connectivity index (χ3v) is 4.50. The van der Waals surface area contributed by atoms with Gasteiger partial charge >= 0.3 is 0 Å². The summed E-state index contributed by atoms with van der Waals surface area (Å²) >= 11 is 0. The average molecular weight is 260 g/mol. The van der Waals surface area contributed by atoms with Crippen molar-refractivity contribution in [3.8, 4) is 6.07 Å². The number of rotatable bonds is 7. The first-order valence-corrected chi connectivity index (χ1v) is 7.70. The standard InChI is InChI=1S/C12H24N2O2S/c1-11(2,9-13)7-5-6-8-17(15,16)10-12(3,4)14/h5-8,10,14H2,1-4H3. The Morgan fingerprint density at radius 2 is 1.71 bits per heavy atom. The Balaban J connectivity index is 4.03. The van der Waals surface area contributed by atoms with Crippen LogP contribution >= 0.6 is 0 Å². The topological polar surface area (TPSA) is 84.0 Å². The van der Waals surface area contributed by atoms with Crippen LogP contribution in [0.15, 0.2) is 0 Å². The maximum Gasteiger partial charge on any atom is 0.152 e. The Morgan fingerprint density at radius 1 is 1.18 bits per heavy atom. The lowest BCUT2D eigenvalue weighted by atomic mass is 9.89. The van der Waals surface area contributed by atoms with Gasteiger partial charge in [-0.2, -0.15) is 5.26 Å². The Hall–Kier alpha value is -0.600. The molecule has 0 radical (unpaired) electrons. The zero-order chi connectivity index (χ0) is 13.7. The van der Waals surface area contributed by atoms with Gasteiger partial charge in [0.1, 0.15) is 0 Å². The van der Waals surface area contributed by atoms with Crippen molar-refractivity contribution in [2.45, 2.75) is 52.5 Å². The summed E-state index contributed by atoms with van der Waals surface area (Å²) in [6, 6.07) is 2.21. The summed E-state index contributed by atoms with van der Waals surface area (Å²) < 4.78 is 23.4. The second-order valence-corrected chi connectivity index (χ2v) is 8.22. The summed E-state index contributed by atoms with van der Waals surface area (Å²) in [6.07, 6.45) is 2.08. The predicted octanol–water partition coefficient (Wildman–Crippen LogP) is 1.86. The van der Waals surface area contributed by atoms with Crippen molar-refractivity contribution in [3.63, 3.8) is 0 Å². The van der Waals surface area contributed by atoms with Crippen molar-refractivity contribution in [3.05, 3.63) is 0 Å². The molecule has 0 amide bonds. The van der Waals surface area contributed by atoms with E-state index in [1.807, 2.05) is 13.8 Å². The number of nitriles is 1. The fourth-order valence-corrected chi connectivity index (χ4v) is 3.51.